The number of aromatic nitrogens is 3. The molecule has 22 heavy (non-hydrogen) atoms. The molecule has 0 unspecified atom stereocenters. The molecule has 0 bridgehead atoms. The summed E-state index contributed by atoms with van der Waals surface area (Å²) in [5, 5.41) is 1.05. The van der Waals surface area contributed by atoms with Crippen molar-refractivity contribution in [3.63, 3.8) is 0 Å². The number of nitrogens with zero attached hydrogens (tertiary/aromatic N) is 4. The van der Waals surface area contributed by atoms with Crippen molar-refractivity contribution in [3.05, 3.63) is 22.7 Å². The Morgan fingerprint density at radius 1 is 1.32 bits per heavy atom. The van der Waals surface area contributed by atoms with Gasteiger partial charge in [0.1, 0.15) is 16.6 Å². The zero-order valence-corrected chi connectivity index (χ0v) is 15.1. The van der Waals surface area contributed by atoms with E-state index in [1.165, 1.54) is 6.26 Å². The second kappa shape index (κ2) is 5.90. The van der Waals surface area contributed by atoms with Crippen molar-refractivity contribution in [1.82, 2.24) is 18.8 Å². The number of hydrogen-bond acceptors (Lipinski definition) is 4. The van der Waals surface area contributed by atoms with Gasteiger partial charge in [0.25, 0.3) is 0 Å². The molecule has 120 valence electrons. The van der Waals surface area contributed by atoms with Gasteiger partial charge in [0.2, 0.25) is 10.0 Å². The van der Waals surface area contributed by atoms with E-state index in [1.807, 2.05) is 0 Å². The molecule has 1 aliphatic heterocycles. The van der Waals surface area contributed by atoms with Crippen LogP contribution < -0.4 is 0 Å². The molecular formula is C14H19BrN4O2S. The van der Waals surface area contributed by atoms with Gasteiger partial charge >= 0.3 is 0 Å². The minimum atomic E-state index is -3.06. The highest BCUT2D eigenvalue weighted by Gasteiger charge is 2.25. The fourth-order valence-corrected chi connectivity index (χ4v) is 4.57. The number of aryl methyl sites for hydroxylation is 1. The molecule has 0 amide bonds. The van der Waals surface area contributed by atoms with Crippen LogP contribution in [0.2, 0.25) is 0 Å². The minimum Gasteiger partial charge on any atom is -0.332 e. The maximum Gasteiger partial charge on any atom is 0.211 e. The topological polar surface area (TPSA) is 68.1 Å². The largest absolute Gasteiger partial charge is 0.332 e. The molecule has 2 aromatic rings. The van der Waals surface area contributed by atoms with Crippen LogP contribution in [0.3, 0.4) is 0 Å². The Hall–Kier alpha value is -0.990. The van der Waals surface area contributed by atoms with Gasteiger partial charge in [-0.2, -0.15) is 0 Å². The highest BCUT2D eigenvalue weighted by molar-refractivity contribution is 9.10. The van der Waals surface area contributed by atoms with Crippen LogP contribution in [0.5, 0.6) is 0 Å². The van der Waals surface area contributed by atoms with Crippen molar-refractivity contribution < 1.29 is 8.42 Å². The van der Waals surface area contributed by atoms with Gasteiger partial charge in [-0.3, -0.25) is 0 Å². The first-order valence-electron chi connectivity index (χ1n) is 7.27. The Labute approximate surface area is 138 Å². The summed E-state index contributed by atoms with van der Waals surface area (Å²) in [6.07, 6.45) is 6.72. The number of rotatable bonds is 3. The molecule has 3 rings (SSSR count). The van der Waals surface area contributed by atoms with Crippen LogP contribution in [0, 0.1) is 12.8 Å². The zero-order chi connectivity index (χ0) is 15.9. The predicted molar refractivity (Wildman–Crippen MR) is 89.1 cm³/mol. The van der Waals surface area contributed by atoms with Crippen LogP contribution in [0.25, 0.3) is 11.0 Å². The summed E-state index contributed by atoms with van der Waals surface area (Å²) in [4.78, 5) is 8.58. The normalized spacial score (nSPS) is 18.1. The molecule has 0 aromatic carbocycles. The lowest BCUT2D eigenvalue weighted by Gasteiger charge is -2.30. The molecule has 0 spiro atoms. The van der Waals surface area contributed by atoms with E-state index in [0.717, 1.165) is 40.6 Å². The van der Waals surface area contributed by atoms with Crippen molar-refractivity contribution >= 4 is 37.0 Å². The van der Waals surface area contributed by atoms with E-state index >= 15 is 0 Å². The lowest BCUT2D eigenvalue weighted by Crippen LogP contribution is -2.38. The van der Waals surface area contributed by atoms with E-state index in [-0.39, 0.29) is 0 Å². The second-order valence-corrected chi connectivity index (χ2v) is 8.67. The van der Waals surface area contributed by atoms with E-state index in [2.05, 4.69) is 43.6 Å². The van der Waals surface area contributed by atoms with Crippen molar-refractivity contribution in [2.24, 2.45) is 5.92 Å². The van der Waals surface area contributed by atoms with Crippen LogP contribution in [0.15, 0.2) is 17.1 Å². The number of piperidine rings is 1. The first-order chi connectivity index (χ1) is 10.4. The first-order valence-corrected chi connectivity index (χ1v) is 9.91. The standard InChI is InChI=1S/C14H19BrN4O2S/c1-10-7-18(14-12(10)13(15)16-9-17-14)8-11-3-5-19(6-4-11)22(2,20)21/h7,9,11H,3-6,8H2,1-2H3. The van der Waals surface area contributed by atoms with Gasteiger partial charge in [0.05, 0.1) is 11.6 Å². The van der Waals surface area contributed by atoms with Crippen LogP contribution in [-0.2, 0) is 16.6 Å². The Bertz CT molecular complexity index is 795. The average molecular weight is 387 g/mol. The highest BCUT2D eigenvalue weighted by Crippen LogP contribution is 2.28. The van der Waals surface area contributed by atoms with Gasteiger partial charge in [0.15, 0.2) is 0 Å². The Kier molecular flexibility index (Phi) is 4.26. The summed E-state index contributed by atoms with van der Waals surface area (Å²) in [5.41, 5.74) is 2.08. The zero-order valence-electron chi connectivity index (χ0n) is 12.7. The SMILES string of the molecule is Cc1cn(CC2CCN(S(C)(=O)=O)CC2)c2ncnc(Br)c12. The number of hydrogen-bond donors (Lipinski definition) is 0. The third kappa shape index (κ3) is 3.04. The van der Waals surface area contributed by atoms with Crippen molar-refractivity contribution in [3.8, 4) is 0 Å². The van der Waals surface area contributed by atoms with E-state index in [4.69, 9.17) is 0 Å². The highest BCUT2D eigenvalue weighted by atomic mass is 79.9. The van der Waals surface area contributed by atoms with E-state index in [9.17, 15) is 8.42 Å². The minimum absolute atomic E-state index is 0.474. The summed E-state index contributed by atoms with van der Waals surface area (Å²) < 4.78 is 27.7. The Balaban J connectivity index is 1.77. The van der Waals surface area contributed by atoms with E-state index in [1.54, 1.807) is 10.6 Å². The Morgan fingerprint density at radius 2 is 2.00 bits per heavy atom. The molecule has 0 saturated carbocycles. The van der Waals surface area contributed by atoms with Crippen LogP contribution in [0.4, 0.5) is 0 Å². The van der Waals surface area contributed by atoms with Gasteiger partial charge in [-0.1, -0.05) is 0 Å². The summed E-state index contributed by atoms with van der Waals surface area (Å²) in [7, 11) is -3.06. The molecule has 6 nitrogen and oxygen atoms in total. The molecule has 8 heteroatoms. The maximum absolute atomic E-state index is 11.6. The summed E-state index contributed by atoms with van der Waals surface area (Å²) in [6, 6.07) is 0. The fraction of sp³-hybridized carbons (Fsp3) is 0.571. The molecule has 1 fully saturated rings. The van der Waals surface area contributed by atoms with Gasteiger partial charge < -0.3 is 4.57 Å². The molecule has 1 aliphatic rings. The summed E-state index contributed by atoms with van der Waals surface area (Å²) in [5.74, 6) is 0.474. The third-order valence-corrected chi connectivity index (χ3v) is 6.20. The van der Waals surface area contributed by atoms with Crippen molar-refractivity contribution in [2.75, 3.05) is 19.3 Å². The molecule has 3 heterocycles. The summed E-state index contributed by atoms with van der Waals surface area (Å²) >= 11 is 3.48. The molecular weight excluding hydrogens is 368 g/mol. The second-order valence-electron chi connectivity index (χ2n) is 5.93. The van der Waals surface area contributed by atoms with Crippen molar-refractivity contribution in [1.29, 1.82) is 0 Å². The van der Waals surface area contributed by atoms with Crippen LogP contribution in [0.1, 0.15) is 18.4 Å². The monoisotopic (exact) mass is 386 g/mol. The molecule has 0 radical (unpaired) electrons. The lowest BCUT2D eigenvalue weighted by molar-refractivity contribution is 0.255. The Morgan fingerprint density at radius 3 is 2.64 bits per heavy atom. The summed E-state index contributed by atoms with van der Waals surface area (Å²) in [6.45, 7) is 4.14. The van der Waals surface area contributed by atoms with Crippen LogP contribution >= 0.6 is 15.9 Å². The third-order valence-electron chi connectivity index (χ3n) is 4.29. The van der Waals surface area contributed by atoms with Gasteiger partial charge in [0, 0.05) is 25.8 Å². The molecule has 0 N–H and O–H groups in total. The van der Waals surface area contributed by atoms with E-state index < -0.39 is 10.0 Å². The quantitative estimate of drug-likeness (QED) is 0.758. The van der Waals surface area contributed by atoms with Gasteiger partial charge in [-0.15, -0.1) is 0 Å². The average Bonchev–Trinajstić information content (AvgIpc) is 2.76. The molecule has 2 aromatic heterocycles. The smallest absolute Gasteiger partial charge is 0.211 e. The van der Waals surface area contributed by atoms with Crippen molar-refractivity contribution in [2.45, 2.75) is 26.3 Å². The predicted octanol–water partition coefficient (Wildman–Crippen LogP) is 2.17. The van der Waals surface area contributed by atoms with Gasteiger partial charge in [-0.25, -0.2) is 22.7 Å². The number of halogens is 1. The molecule has 1 saturated heterocycles. The lowest BCUT2D eigenvalue weighted by atomic mass is 9.98. The molecule has 0 atom stereocenters. The number of sulfonamides is 1. The fourth-order valence-electron chi connectivity index (χ4n) is 3.11. The first kappa shape index (κ1) is 15.9. The maximum atomic E-state index is 11.6. The van der Waals surface area contributed by atoms with Crippen LogP contribution in [-0.4, -0.2) is 46.6 Å². The molecule has 0 aliphatic carbocycles. The van der Waals surface area contributed by atoms with E-state index in [0.29, 0.717) is 19.0 Å². The number of fused-ring (bicyclic) bond motifs is 1. The van der Waals surface area contributed by atoms with Gasteiger partial charge in [-0.05, 0) is 47.2 Å².